The number of aryl methyl sites for hydroxylation is 2. The number of imidazole rings is 1. The van der Waals surface area contributed by atoms with Gasteiger partial charge in [-0.2, -0.15) is 0 Å². The number of carbonyl (C=O) groups is 1. The third-order valence-electron chi connectivity index (χ3n) is 2.98. The predicted octanol–water partition coefficient (Wildman–Crippen LogP) is 1.86. The normalized spacial score (nSPS) is 12.4. The van der Waals surface area contributed by atoms with Crippen molar-refractivity contribution in [3.8, 4) is 0 Å². The molecular formula is C13H18N4O3. The SMILES string of the molecule is CCOC(=O)c1nc(C)n(C(C)c2ncc(C)o2)c1N. The monoisotopic (exact) mass is 278 g/mol. The molecule has 0 spiro atoms. The maximum absolute atomic E-state index is 11.8. The van der Waals surface area contributed by atoms with Crippen molar-refractivity contribution in [3.05, 3.63) is 29.4 Å². The van der Waals surface area contributed by atoms with E-state index in [1.807, 2.05) is 13.8 Å². The molecule has 1 unspecified atom stereocenters. The molecule has 2 N–H and O–H groups in total. The highest BCUT2D eigenvalue weighted by Crippen LogP contribution is 2.25. The molecule has 108 valence electrons. The summed E-state index contributed by atoms with van der Waals surface area (Å²) < 4.78 is 12.1. The highest BCUT2D eigenvalue weighted by Gasteiger charge is 2.25. The van der Waals surface area contributed by atoms with Crippen LogP contribution in [-0.2, 0) is 4.74 Å². The average molecular weight is 278 g/mol. The summed E-state index contributed by atoms with van der Waals surface area (Å²) in [6.45, 7) is 7.47. The summed E-state index contributed by atoms with van der Waals surface area (Å²) in [5, 5.41) is 0. The molecule has 0 amide bonds. The van der Waals surface area contributed by atoms with E-state index in [1.165, 1.54) is 0 Å². The van der Waals surface area contributed by atoms with Crippen molar-refractivity contribution < 1.29 is 13.9 Å². The van der Waals surface area contributed by atoms with Gasteiger partial charge in [-0.1, -0.05) is 0 Å². The van der Waals surface area contributed by atoms with Gasteiger partial charge in [-0.05, 0) is 27.7 Å². The number of esters is 1. The van der Waals surface area contributed by atoms with Crippen molar-refractivity contribution in [2.75, 3.05) is 12.3 Å². The number of carbonyl (C=O) groups excluding carboxylic acids is 1. The van der Waals surface area contributed by atoms with Crippen LogP contribution in [0.5, 0.6) is 0 Å². The molecule has 0 saturated heterocycles. The van der Waals surface area contributed by atoms with Gasteiger partial charge in [0, 0.05) is 0 Å². The highest BCUT2D eigenvalue weighted by atomic mass is 16.5. The minimum atomic E-state index is -0.525. The molecule has 0 radical (unpaired) electrons. The Kier molecular flexibility index (Phi) is 3.78. The standard InChI is InChI=1S/C13H18N4O3/c1-5-19-13(18)10-11(14)17(9(4)16-10)8(3)12-15-6-7(2)20-12/h6,8H,5,14H2,1-4H3. The molecule has 7 nitrogen and oxygen atoms in total. The summed E-state index contributed by atoms with van der Waals surface area (Å²) in [5.74, 6) is 1.57. The quantitative estimate of drug-likeness (QED) is 0.857. The molecule has 20 heavy (non-hydrogen) atoms. The predicted molar refractivity (Wildman–Crippen MR) is 72.4 cm³/mol. The first-order valence-corrected chi connectivity index (χ1v) is 6.39. The summed E-state index contributed by atoms with van der Waals surface area (Å²) in [5.41, 5.74) is 6.14. The van der Waals surface area contributed by atoms with Crippen LogP contribution < -0.4 is 5.73 Å². The Balaban J connectivity index is 2.40. The molecule has 2 rings (SSSR count). The maximum atomic E-state index is 11.8. The van der Waals surface area contributed by atoms with Crippen LogP contribution in [-0.4, -0.2) is 27.1 Å². The molecular weight excluding hydrogens is 260 g/mol. The summed E-state index contributed by atoms with van der Waals surface area (Å²) >= 11 is 0. The molecule has 0 aromatic carbocycles. The first kappa shape index (κ1) is 14.1. The molecule has 2 aromatic rings. The Morgan fingerprint density at radius 2 is 2.25 bits per heavy atom. The van der Waals surface area contributed by atoms with E-state index in [1.54, 1.807) is 24.6 Å². The molecule has 7 heteroatoms. The zero-order valence-electron chi connectivity index (χ0n) is 12.0. The minimum absolute atomic E-state index is 0.125. The van der Waals surface area contributed by atoms with Crippen LogP contribution in [0.4, 0.5) is 5.82 Å². The smallest absolute Gasteiger partial charge is 0.360 e. The van der Waals surface area contributed by atoms with E-state index >= 15 is 0 Å². The topological polar surface area (TPSA) is 96.2 Å². The first-order chi connectivity index (χ1) is 9.45. The molecule has 0 aliphatic carbocycles. The van der Waals surface area contributed by atoms with Crippen LogP contribution in [0.25, 0.3) is 0 Å². The lowest BCUT2D eigenvalue weighted by Gasteiger charge is -2.13. The average Bonchev–Trinajstić information content (AvgIpc) is 2.94. The van der Waals surface area contributed by atoms with Crippen molar-refractivity contribution >= 4 is 11.8 Å². The van der Waals surface area contributed by atoms with Gasteiger partial charge < -0.3 is 19.5 Å². The fraction of sp³-hybridized carbons (Fsp3) is 0.462. The van der Waals surface area contributed by atoms with E-state index in [-0.39, 0.29) is 24.2 Å². The molecule has 0 aliphatic rings. The second-order valence-corrected chi connectivity index (χ2v) is 4.47. The number of nitrogen functional groups attached to an aromatic ring is 1. The third-order valence-corrected chi connectivity index (χ3v) is 2.98. The lowest BCUT2D eigenvalue weighted by molar-refractivity contribution is 0.0521. The second kappa shape index (κ2) is 5.36. The Morgan fingerprint density at radius 3 is 2.80 bits per heavy atom. The lowest BCUT2D eigenvalue weighted by atomic mass is 10.3. The van der Waals surface area contributed by atoms with E-state index in [0.29, 0.717) is 17.5 Å². The van der Waals surface area contributed by atoms with Gasteiger partial charge in [-0.25, -0.2) is 14.8 Å². The van der Waals surface area contributed by atoms with Gasteiger partial charge in [0.25, 0.3) is 0 Å². The molecule has 2 heterocycles. The van der Waals surface area contributed by atoms with Crippen molar-refractivity contribution in [1.29, 1.82) is 0 Å². The van der Waals surface area contributed by atoms with E-state index in [2.05, 4.69) is 9.97 Å². The number of hydrogen-bond donors (Lipinski definition) is 1. The maximum Gasteiger partial charge on any atom is 0.360 e. The van der Waals surface area contributed by atoms with Gasteiger partial charge in [0.05, 0.1) is 12.8 Å². The number of anilines is 1. The fourth-order valence-electron chi connectivity index (χ4n) is 2.08. The van der Waals surface area contributed by atoms with E-state index in [9.17, 15) is 4.79 Å². The Bertz CT molecular complexity index is 630. The van der Waals surface area contributed by atoms with E-state index < -0.39 is 5.97 Å². The second-order valence-electron chi connectivity index (χ2n) is 4.47. The fourth-order valence-corrected chi connectivity index (χ4v) is 2.08. The van der Waals surface area contributed by atoms with E-state index in [4.69, 9.17) is 14.9 Å². The van der Waals surface area contributed by atoms with Gasteiger partial charge in [0.2, 0.25) is 5.89 Å². The molecule has 0 fully saturated rings. The molecule has 0 aliphatic heterocycles. The van der Waals surface area contributed by atoms with Gasteiger partial charge in [0.1, 0.15) is 23.4 Å². The molecule has 2 aromatic heterocycles. The van der Waals surface area contributed by atoms with Gasteiger partial charge >= 0.3 is 5.97 Å². The Morgan fingerprint density at radius 1 is 1.55 bits per heavy atom. The minimum Gasteiger partial charge on any atom is -0.461 e. The van der Waals surface area contributed by atoms with Crippen molar-refractivity contribution in [1.82, 2.24) is 14.5 Å². The van der Waals surface area contributed by atoms with Crippen LogP contribution in [0, 0.1) is 13.8 Å². The van der Waals surface area contributed by atoms with Crippen LogP contribution in [0.2, 0.25) is 0 Å². The van der Waals surface area contributed by atoms with Gasteiger partial charge in [-0.3, -0.25) is 0 Å². The van der Waals surface area contributed by atoms with Gasteiger partial charge in [-0.15, -0.1) is 0 Å². The van der Waals surface area contributed by atoms with Crippen molar-refractivity contribution in [2.45, 2.75) is 33.7 Å². The highest BCUT2D eigenvalue weighted by molar-refractivity contribution is 5.92. The van der Waals surface area contributed by atoms with Crippen LogP contribution in [0.1, 0.15) is 47.9 Å². The zero-order valence-corrected chi connectivity index (χ0v) is 12.0. The van der Waals surface area contributed by atoms with Gasteiger partial charge in [0.15, 0.2) is 5.69 Å². The van der Waals surface area contributed by atoms with Crippen LogP contribution in [0.3, 0.4) is 0 Å². The number of nitrogens with zero attached hydrogens (tertiary/aromatic N) is 3. The summed E-state index contributed by atoms with van der Waals surface area (Å²) in [6.07, 6.45) is 1.64. The number of rotatable bonds is 4. The summed E-state index contributed by atoms with van der Waals surface area (Å²) in [7, 11) is 0. The van der Waals surface area contributed by atoms with Crippen molar-refractivity contribution in [3.63, 3.8) is 0 Å². The number of ether oxygens (including phenoxy) is 1. The lowest BCUT2D eigenvalue weighted by Crippen LogP contribution is -2.14. The Labute approximate surface area is 116 Å². The summed E-state index contributed by atoms with van der Waals surface area (Å²) in [4.78, 5) is 20.1. The molecule has 1 atom stereocenters. The third kappa shape index (κ3) is 2.38. The number of aromatic nitrogens is 3. The Hall–Kier alpha value is -2.31. The number of hydrogen-bond acceptors (Lipinski definition) is 6. The van der Waals surface area contributed by atoms with Crippen molar-refractivity contribution in [2.24, 2.45) is 0 Å². The van der Waals surface area contributed by atoms with Crippen LogP contribution in [0.15, 0.2) is 10.6 Å². The first-order valence-electron chi connectivity index (χ1n) is 6.39. The number of nitrogens with two attached hydrogens (primary N) is 1. The molecule has 0 bridgehead atoms. The summed E-state index contributed by atoms with van der Waals surface area (Å²) in [6, 6.07) is -0.251. The van der Waals surface area contributed by atoms with E-state index in [0.717, 1.165) is 0 Å². The number of oxazole rings is 1. The van der Waals surface area contributed by atoms with Crippen LogP contribution >= 0.6 is 0 Å². The largest absolute Gasteiger partial charge is 0.461 e. The zero-order chi connectivity index (χ0) is 14.9. The molecule has 0 saturated carbocycles.